The maximum atomic E-state index is 11.9. The topological polar surface area (TPSA) is 67.4 Å². The molecule has 0 saturated carbocycles. The second-order valence-corrected chi connectivity index (χ2v) is 5.62. The molecule has 5 heteroatoms. The minimum absolute atomic E-state index is 0.00505. The van der Waals surface area contributed by atoms with E-state index in [9.17, 15) is 9.59 Å². The molecule has 1 saturated heterocycles. The minimum atomic E-state index is -0.156. The summed E-state index contributed by atoms with van der Waals surface area (Å²) in [4.78, 5) is 23.0. The quantitative estimate of drug-likeness (QED) is 0.816. The molecule has 1 aliphatic rings. The first-order valence-electron chi connectivity index (χ1n) is 7.55. The summed E-state index contributed by atoms with van der Waals surface area (Å²) in [7, 11) is 0. The molecule has 5 nitrogen and oxygen atoms in total. The van der Waals surface area contributed by atoms with Crippen LogP contribution in [0.15, 0.2) is 30.3 Å². The summed E-state index contributed by atoms with van der Waals surface area (Å²) in [5, 5.41) is 5.63. The fraction of sp³-hybridized carbons (Fsp3) is 0.412. The minimum Gasteiger partial charge on any atom is -0.491 e. The van der Waals surface area contributed by atoms with Crippen LogP contribution in [0.2, 0.25) is 0 Å². The Hall–Kier alpha value is -2.30. The molecule has 0 aliphatic carbocycles. The fourth-order valence-electron chi connectivity index (χ4n) is 2.24. The first kappa shape index (κ1) is 16.1. The van der Waals surface area contributed by atoms with Gasteiger partial charge in [0.25, 0.3) is 0 Å². The molecule has 1 fully saturated rings. The number of benzene rings is 1. The largest absolute Gasteiger partial charge is 0.491 e. The average molecular weight is 302 g/mol. The molecule has 0 spiro atoms. The van der Waals surface area contributed by atoms with Gasteiger partial charge < -0.3 is 15.4 Å². The summed E-state index contributed by atoms with van der Waals surface area (Å²) in [6.45, 7) is 4.44. The van der Waals surface area contributed by atoms with E-state index < -0.39 is 0 Å². The van der Waals surface area contributed by atoms with Crippen LogP contribution in [0.1, 0.15) is 32.3 Å². The van der Waals surface area contributed by atoms with E-state index in [0.29, 0.717) is 19.4 Å². The average Bonchev–Trinajstić information content (AvgIpc) is 2.47. The number of hydrogen-bond donors (Lipinski definition) is 2. The third-order valence-corrected chi connectivity index (χ3v) is 3.27. The number of carbonyl (C=O) groups excluding carboxylic acids is 2. The summed E-state index contributed by atoms with van der Waals surface area (Å²) in [6, 6.07) is 7.60. The molecule has 2 amide bonds. The predicted octanol–water partition coefficient (Wildman–Crippen LogP) is 1.88. The van der Waals surface area contributed by atoms with Crippen LogP contribution in [0, 0.1) is 0 Å². The Labute approximate surface area is 130 Å². The highest BCUT2D eigenvalue weighted by Crippen LogP contribution is 2.15. The van der Waals surface area contributed by atoms with Crippen molar-refractivity contribution in [2.75, 3.05) is 6.54 Å². The van der Waals surface area contributed by atoms with E-state index in [-0.39, 0.29) is 24.0 Å². The van der Waals surface area contributed by atoms with E-state index in [4.69, 9.17) is 4.74 Å². The van der Waals surface area contributed by atoms with Crippen LogP contribution in [-0.2, 0) is 9.59 Å². The number of piperidine rings is 1. The van der Waals surface area contributed by atoms with Crippen LogP contribution in [0.5, 0.6) is 5.75 Å². The molecule has 0 radical (unpaired) electrons. The van der Waals surface area contributed by atoms with E-state index >= 15 is 0 Å². The third-order valence-electron chi connectivity index (χ3n) is 3.27. The maximum Gasteiger partial charge on any atom is 0.244 e. The van der Waals surface area contributed by atoms with E-state index in [0.717, 1.165) is 11.3 Å². The van der Waals surface area contributed by atoms with Crippen molar-refractivity contribution < 1.29 is 14.3 Å². The van der Waals surface area contributed by atoms with Crippen LogP contribution in [0.4, 0.5) is 0 Å². The van der Waals surface area contributed by atoms with E-state index in [2.05, 4.69) is 10.6 Å². The van der Waals surface area contributed by atoms with Crippen molar-refractivity contribution in [2.45, 2.75) is 38.8 Å². The Kier molecular flexibility index (Phi) is 5.58. The zero-order valence-corrected chi connectivity index (χ0v) is 13.0. The number of carbonyl (C=O) groups is 2. The van der Waals surface area contributed by atoms with Gasteiger partial charge in [0.05, 0.1) is 6.10 Å². The van der Waals surface area contributed by atoms with E-state index in [1.54, 1.807) is 6.08 Å². The SMILES string of the molecule is CC(C)Oc1cccc(/C=C/C(=O)NC2CCC(=O)NC2)c1. The van der Waals surface area contributed by atoms with Crippen molar-refractivity contribution in [1.82, 2.24) is 10.6 Å². The lowest BCUT2D eigenvalue weighted by Crippen LogP contribution is -2.47. The van der Waals surface area contributed by atoms with Crippen molar-refractivity contribution in [1.29, 1.82) is 0 Å². The van der Waals surface area contributed by atoms with Gasteiger partial charge in [-0.25, -0.2) is 0 Å². The number of nitrogens with one attached hydrogen (secondary N) is 2. The fourth-order valence-corrected chi connectivity index (χ4v) is 2.24. The number of hydrogen-bond acceptors (Lipinski definition) is 3. The van der Waals surface area contributed by atoms with Gasteiger partial charge in [-0.05, 0) is 44.0 Å². The zero-order chi connectivity index (χ0) is 15.9. The summed E-state index contributed by atoms with van der Waals surface area (Å²) in [5.74, 6) is 0.673. The van der Waals surface area contributed by atoms with Crippen LogP contribution < -0.4 is 15.4 Å². The van der Waals surface area contributed by atoms with Gasteiger partial charge in [0.1, 0.15) is 5.75 Å². The van der Waals surface area contributed by atoms with Gasteiger partial charge in [-0.1, -0.05) is 12.1 Å². The smallest absolute Gasteiger partial charge is 0.244 e. The third kappa shape index (κ3) is 5.24. The Balaban J connectivity index is 1.88. The summed E-state index contributed by atoms with van der Waals surface area (Å²) in [5.41, 5.74) is 0.908. The maximum absolute atomic E-state index is 11.9. The number of rotatable bonds is 5. The Morgan fingerprint density at radius 1 is 1.45 bits per heavy atom. The van der Waals surface area contributed by atoms with Crippen LogP contribution in [0.25, 0.3) is 6.08 Å². The Bertz CT molecular complexity index is 557. The second kappa shape index (κ2) is 7.64. The predicted molar refractivity (Wildman–Crippen MR) is 85.4 cm³/mol. The molecule has 2 N–H and O–H groups in total. The molecular weight excluding hydrogens is 280 g/mol. The molecule has 22 heavy (non-hydrogen) atoms. The lowest BCUT2D eigenvalue weighted by Gasteiger charge is -2.22. The van der Waals surface area contributed by atoms with Gasteiger partial charge in [0, 0.05) is 25.1 Å². The van der Waals surface area contributed by atoms with Crippen LogP contribution in [0.3, 0.4) is 0 Å². The molecule has 1 unspecified atom stereocenters. The van der Waals surface area contributed by atoms with Gasteiger partial charge in [-0.3, -0.25) is 9.59 Å². The highest BCUT2D eigenvalue weighted by Gasteiger charge is 2.18. The molecule has 0 aromatic heterocycles. The molecule has 1 atom stereocenters. The molecule has 2 rings (SSSR count). The molecule has 1 aliphatic heterocycles. The molecule has 1 aromatic rings. The van der Waals surface area contributed by atoms with E-state index in [1.807, 2.05) is 38.1 Å². The van der Waals surface area contributed by atoms with Gasteiger partial charge in [-0.2, -0.15) is 0 Å². The van der Waals surface area contributed by atoms with Crippen molar-refractivity contribution >= 4 is 17.9 Å². The van der Waals surface area contributed by atoms with Crippen LogP contribution >= 0.6 is 0 Å². The monoisotopic (exact) mass is 302 g/mol. The molecule has 0 bridgehead atoms. The number of amides is 2. The lowest BCUT2D eigenvalue weighted by molar-refractivity contribution is -0.124. The highest BCUT2D eigenvalue weighted by molar-refractivity contribution is 5.92. The Morgan fingerprint density at radius 3 is 2.95 bits per heavy atom. The normalized spacial score (nSPS) is 18.3. The first-order chi connectivity index (χ1) is 10.5. The van der Waals surface area contributed by atoms with E-state index in [1.165, 1.54) is 6.08 Å². The zero-order valence-electron chi connectivity index (χ0n) is 13.0. The molecule has 1 heterocycles. The summed E-state index contributed by atoms with van der Waals surface area (Å²) < 4.78 is 5.62. The first-order valence-corrected chi connectivity index (χ1v) is 7.55. The van der Waals surface area contributed by atoms with Crippen molar-refractivity contribution in [3.05, 3.63) is 35.9 Å². The van der Waals surface area contributed by atoms with Gasteiger partial charge in [0.2, 0.25) is 11.8 Å². The second-order valence-electron chi connectivity index (χ2n) is 5.62. The molecular formula is C17H22N2O3. The van der Waals surface area contributed by atoms with Crippen LogP contribution in [-0.4, -0.2) is 30.5 Å². The van der Waals surface area contributed by atoms with Crippen molar-refractivity contribution in [2.24, 2.45) is 0 Å². The summed E-state index contributed by atoms with van der Waals surface area (Å²) >= 11 is 0. The standard InChI is InChI=1S/C17H22N2O3/c1-12(2)22-15-5-3-4-13(10-15)6-8-17(21)19-14-7-9-16(20)18-11-14/h3-6,8,10,12,14H,7,9,11H2,1-2H3,(H,18,20)(H,19,21)/b8-6+. The van der Waals surface area contributed by atoms with Crippen molar-refractivity contribution in [3.8, 4) is 5.75 Å². The highest BCUT2D eigenvalue weighted by atomic mass is 16.5. The van der Waals surface area contributed by atoms with Crippen molar-refractivity contribution in [3.63, 3.8) is 0 Å². The molecule has 118 valence electrons. The van der Waals surface area contributed by atoms with Gasteiger partial charge >= 0.3 is 0 Å². The summed E-state index contributed by atoms with van der Waals surface area (Å²) in [6.07, 6.45) is 4.52. The van der Waals surface area contributed by atoms with Gasteiger partial charge in [0.15, 0.2) is 0 Å². The lowest BCUT2D eigenvalue weighted by atomic mass is 10.1. The Morgan fingerprint density at radius 2 is 2.27 bits per heavy atom. The number of ether oxygens (including phenoxy) is 1. The van der Waals surface area contributed by atoms with Gasteiger partial charge in [-0.15, -0.1) is 0 Å². The molecule has 1 aromatic carbocycles.